The third-order valence-electron chi connectivity index (χ3n) is 3.25. The number of carbonyl (C=O) groups excluding carboxylic acids is 1. The summed E-state index contributed by atoms with van der Waals surface area (Å²) < 4.78 is 5.53. The van der Waals surface area contributed by atoms with Gasteiger partial charge in [0.15, 0.2) is 6.61 Å². The van der Waals surface area contributed by atoms with Gasteiger partial charge in [0.1, 0.15) is 5.75 Å². The van der Waals surface area contributed by atoms with Crippen molar-refractivity contribution in [3.63, 3.8) is 0 Å². The summed E-state index contributed by atoms with van der Waals surface area (Å²) in [5, 5.41) is 2.82. The third-order valence-corrected chi connectivity index (χ3v) is 3.25. The number of benzene rings is 2. The molecule has 21 heavy (non-hydrogen) atoms. The Balaban J connectivity index is 1.85. The molecule has 0 atom stereocenters. The van der Waals surface area contributed by atoms with Gasteiger partial charge >= 0.3 is 0 Å². The number of anilines is 1. The van der Waals surface area contributed by atoms with Crippen LogP contribution in [0.4, 0.5) is 5.69 Å². The molecule has 0 aliphatic heterocycles. The number of nitrogen functional groups attached to an aromatic ring is 1. The predicted octanol–water partition coefficient (Wildman–Crippen LogP) is 2.58. The average Bonchev–Trinajstić information content (AvgIpc) is 2.48. The molecule has 3 N–H and O–H groups in total. The lowest BCUT2D eigenvalue weighted by Gasteiger charge is -2.11. The van der Waals surface area contributed by atoms with Gasteiger partial charge in [-0.15, -0.1) is 0 Å². The Bertz CT molecular complexity index is 624. The van der Waals surface area contributed by atoms with Crippen molar-refractivity contribution >= 4 is 11.6 Å². The van der Waals surface area contributed by atoms with E-state index in [2.05, 4.69) is 5.32 Å². The van der Waals surface area contributed by atoms with Gasteiger partial charge in [-0.05, 0) is 30.5 Å². The van der Waals surface area contributed by atoms with Crippen molar-refractivity contribution in [3.8, 4) is 5.75 Å². The fourth-order valence-corrected chi connectivity index (χ4v) is 1.99. The van der Waals surface area contributed by atoms with Crippen molar-refractivity contribution in [1.82, 2.24) is 5.32 Å². The number of carbonyl (C=O) groups is 1. The van der Waals surface area contributed by atoms with Crippen molar-refractivity contribution in [2.75, 3.05) is 12.3 Å². The van der Waals surface area contributed by atoms with Crippen LogP contribution in [0.25, 0.3) is 0 Å². The van der Waals surface area contributed by atoms with Crippen LogP contribution >= 0.6 is 0 Å². The van der Waals surface area contributed by atoms with E-state index in [0.29, 0.717) is 18.0 Å². The van der Waals surface area contributed by atoms with E-state index in [9.17, 15) is 4.79 Å². The molecule has 4 nitrogen and oxygen atoms in total. The predicted molar refractivity (Wildman–Crippen MR) is 84.1 cm³/mol. The molecule has 0 saturated carbocycles. The minimum atomic E-state index is -0.155. The molecular formula is C17H20N2O2. The smallest absolute Gasteiger partial charge is 0.258 e. The first-order valence-electron chi connectivity index (χ1n) is 6.86. The van der Waals surface area contributed by atoms with Crippen molar-refractivity contribution < 1.29 is 9.53 Å². The van der Waals surface area contributed by atoms with Gasteiger partial charge in [-0.25, -0.2) is 0 Å². The Hall–Kier alpha value is -2.49. The second-order valence-corrected chi connectivity index (χ2v) is 5.03. The van der Waals surface area contributed by atoms with E-state index >= 15 is 0 Å². The summed E-state index contributed by atoms with van der Waals surface area (Å²) in [5.74, 6) is 0.491. The minimum absolute atomic E-state index is 0.0177. The SMILES string of the molecule is Cc1cc(C)c(OCC(=O)NCc2ccccc2)cc1N. The quantitative estimate of drug-likeness (QED) is 0.829. The Labute approximate surface area is 124 Å². The maximum absolute atomic E-state index is 11.8. The lowest BCUT2D eigenvalue weighted by atomic mass is 10.1. The molecule has 0 aliphatic carbocycles. The Morgan fingerprint density at radius 2 is 1.86 bits per heavy atom. The lowest BCUT2D eigenvalue weighted by molar-refractivity contribution is -0.123. The fourth-order valence-electron chi connectivity index (χ4n) is 1.99. The number of nitrogens with two attached hydrogens (primary N) is 1. The molecule has 0 aliphatic rings. The van der Waals surface area contributed by atoms with E-state index in [1.807, 2.05) is 50.2 Å². The summed E-state index contributed by atoms with van der Waals surface area (Å²) in [6.45, 7) is 4.36. The van der Waals surface area contributed by atoms with E-state index in [-0.39, 0.29) is 12.5 Å². The highest BCUT2D eigenvalue weighted by Gasteiger charge is 2.07. The first-order chi connectivity index (χ1) is 10.1. The van der Waals surface area contributed by atoms with Gasteiger partial charge in [-0.1, -0.05) is 36.4 Å². The largest absolute Gasteiger partial charge is 0.483 e. The van der Waals surface area contributed by atoms with Gasteiger partial charge in [0.2, 0.25) is 0 Å². The van der Waals surface area contributed by atoms with Crippen LogP contribution in [-0.4, -0.2) is 12.5 Å². The second-order valence-electron chi connectivity index (χ2n) is 5.03. The van der Waals surface area contributed by atoms with E-state index in [1.54, 1.807) is 6.07 Å². The highest BCUT2D eigenvalue weighted by Crippen LogP contribution is 2.24. The van der Waals surface area contributed by atoms with Gasteiger partial charge in [-0.2, -0.15) is 0 Å². The van der Waals surface area contributed by atoms with Gasteiger partial charge in [0.25, 0.3) is 5.91 Å². The zero-order valence-electron chi connectivity index (χ0n) is 12.3. The maximum Gasteiger partial charge on any atom is 0.258 e. The van der Waals surface area contributed by atoms with Crippen LogP contribution in [0.3, 0.4) is 0 Å². The summed E-state index contributed by atoms with van der Waals surface area (Å²) in [7, 11) is 0. The van der Waals surface area contributed by atoms with E-state index in [4.69, 9.17) is 10.5 Å². The van der Waals surface area contributed by atoms with Crippen molar-refractivity contribution in [2.45, 2.75) is 20.4 Å². The van der Waals surface area contributed by atoms with Crippen LogP contribution in [0.2, 0.25) is 0 Å². The van der Waals surface area contributed by atoms with Gasteiger partial charge in [0, 0.05) is 18.3 Å². The van der Waals surface area contributed by atoms with Crippen LogP contribution in [-0.2, 0) is 11.3 Å². The standard InChI is InChI=1S/C17H20N2O2/c1-12-8-13(2)16(9-15(12)18)21-11-17(20)19-10-14-6-4-3-5-7-14/h3-9H,10-11,18H2,1-2H3,(H,19,20). The van der Waals surface area contributed by atoms with Crippen molar-refractivity contribution in [1.29, 1.82) is 0 Å². The van der Waals surface area contributed by atoms with Gasteiger partial charge < -0.3 is 15.8 Å². The molecule has 0 unspecified atom stereocenters. The number of hydrogen-bond acceptors (Lipinski definition) is 3. The lowest BCUT2D eigenvalue weighted by Crippen LogP contribution is -2.28. The van der Waals surface area contributed by atoms with Crippen molar-refractivity contribution in [3.05, 3.63) is 59.2 Å². The summed E-state index contributed by atoms with van der Waals surface area (Å²) in [5.41, 5.74) is 9.55. The zero-order valence-corrected chi connectivity index (χ0v) is 12.3. The van der Waals surface area contributed by atoms with E-state index in [1.165, 1.54) is 0 Å². The normalized spacial score (nSPS) is 10.2. The monoisotopic (exact) mass is 284 g/mol. The topological polar surface area (TPSA) is 64.3 Å². The Kier molecular flexibility index (Phi) is 4.82. The zero-order chi connectivity index (χ0) is 15.2. The molecule has 0 radical (unpaired) electrons. The highest BCUT2D eigenvalue weighted by atomic mass is 16.5. The number of rotatable bonds is 5. The molecule has 2 aromatic carbocycles. The fraction of sp³-hybridized carbons (Fsp3) is 0.235. The summed E-state index contributed by atoms with van der Waals surface area (Å²) >= 11 is 0. The second kappa shape index (κ2) is 6.79. The molecule has 0 aromatic heterocycles. The number of nitrogens with one attached hydrogen (secondary N) is 1. The first kappa shape index (κ1) is 14.9. The van der Waals surface area contributed by atoms with Crippen LogP contribution in [0.5, 0.6) is 5.75 Å². The Morgan fingerprint density at radius 1 is 1.14 bits per heavy atom. The molecule has 4 heteroatoms. The maximum atomic E-state index is 11.8. The summed E-state index contributed by atoms with van der Waals surface area (Å²) in [4.78, 5) is 11.8. The molecule has 2 aromatic rings. The van der Waals surface area contributed by atoms with Crippen LogP contribution < -0.4 is 15.8 Å². The van der Waals surface area contributed by atoms with Crippen LogP contribution in [0.1, 0.15) is 16.7 Å². The number of hydrogen-bond donors (Lipinski definition) is 2. The first-order valence-corrected chi connectivity index (χ1v) is 6.86. The van der Waals surface area contributed by atoms with E-state index in [0.717, 1.165) is 16.7 Å². The molecule has 0 spiro atoms. The summed E-state index contributed by atoms with van der Waals surface area (Å²) in [6, 6.07) is 13.5. The van der Waals surface area contributed by atoms with Crippen LogP contribution in [0, 0.1) is 13.8 Å². The molecule has 1 amide bonds. The number of ether oxygens (including phenoxy) is 1. The van der Waals surface area contributed by atoms with Gasteiger partial charge in [0.05, 0.1) is 0 Å². The number of amides is 1. The Morgan fingerprint density at radius 3 is 2.57 bits per heavy atom. The third kappa shape index (κ3) is 4.24. The molecule has 110 valence electrons. The van der Waals surface area contributed by atoms with E-state index < -0.39 is 0 Å². The molecule has 0 heterocycles. The molecular weight excluding hydrogens is 264 g/mol. The molecule has 0 fully saturated rings. The minimum Gasteiger partial charge on any atom is -0.483 e. The molecule has 0 saturated heterocycles. The highest BCUT2D eigenvalue weighted by molar-refractivity contribution is 5.77. The average molecular weight is 284 g/mol. The molecule has 0 bridgehead atoms. The van der Waals surface area contributed by atoms with Crippen molar-refractivity contribution in [2.24, 2.45) is 0 Å². The summed E-state index contributed by atoms with van der Waals surface area (Å²) in [6.07, 6.45) is 0. The number of aryl methyl sites for hydroxylation is 2. The van der Waals surface area contributed by atoms with Gasteiger partial charge in [-0.3, -0.25) is 4.79 Å². The van der Waals surface area contributed by atoms with Crippen LogP contribution in [0.15, 0.2) is 42.5 Å². The molecule has 2 rings (SSSR count).